The van der Waals surface area contributed by atoms with E-state index < -0.39 is 0 Å². The van der Waals surface area contributed by atoms with Crippen LogP contribution in [0.3, 0.4) is 0 Å². The lowest BCUT2D eigenvalue weighted by atomic mass is 9.78. The zero-order valence-electron chi connectivity index (χ0n) is 15.2. The van der Waals surface area contributed by atoms with Crippen LogP contribution in [-0.4, -0.2) is 22.4 Å². The maximum atomic E-state index is 12.2. The van der Waals surface area contributed by atoms with Gasteiger partial charge >= 0.3 is 0 Å². The lowest BCUT2D eigenvalue weighted by Gasteiger charge is -2.26. The number of rotatable bonds is 7. The van der Waals surface area contributed by atoms with E-state index in [1.807, 2.05) is 30.0 Å². The molecule has 1 heterocycles. The van der Waals surface area contributed by atoms with Crippen molar-refractivity contribution in [2.45, 2.75) is 45.3 Å². The summed E-state index contributed by atoms with van der Waals surface area (Å²) in [6.07, 6.45) is 2.65. The average Bonchev–Trinajstić information content (AvgIpc) is 2.96. The number of anilines is 1. The third-order valence-corrected chi connectivity index (χ3v) is 6.46. The Balaban J connectivity index is 1.42. The number of Topliss-reactive ketones (excluding diaryl/α,β-unsaturated/α-hetero) is 1. The minimum Gasteiger partial charge on any atom is -0.302 e. The highest BCUT2D eigenvalue weighted by Crippen LogP contribution is 2.38. The van der Waals surface area contributed by atoms with Gasteiger partial charge in [0.25, 0.3) is 0 Å². The molecule has 0 saturated carbocycles. The number of hydrogen-bond acceptors (Lipinski definition) is 5. The smallest absolute Gasteiger partial charge is 0.226 e. The predicted molar refractivity (Wildman–Crippen MR) is 109 cm³/mol. The number of thioether (sulfide) groups is 1. The fraction of sp³-hybridized carbons (Fsp3) is 0.450. The summed E-state index contributed by atoms with van der Waals surface area (Å²) in [6.45, 7) is 4.16. The first kappa shape index (κ1) is 19.1. The van der Waals surface area contributed by atoms with E-state index in [9.17, 15) is 9.59 Å². The van der Waals surface area contributed by atoms with Gasteiger partial charge in [0.2, 0.25) is 5.91 Å². The maximum Gasteiger partial charge on any atom is 0.226 e. The Morgan fingerprint density at radius 1 is 1.27 bits per heavy atom. The molecule has 26 heavy (non-hydrogen) atoms. The second-order valence-corrected chi connectivity index (χ2v) is 9.53. The molecule has 6 heteroatoms. The summed E-state index contributed by atoms with van der Waals surface area (Å²) in [5.41, 5.74) is 2.10. The number of amides is 1. The molecule has 3 rings (SSSR count). The molecule has 0 aliphatic heterocycles. The summed E-state index contributed by atoms with van der Waals surface area (Å²) in [5.74, 6) is 2.04. The van der Waals surface area contributed by atoms with Crippen LogP contribution in [0.25, 0.3) is 0 Å². The number of nitrogens with one attached hydrogen (secondary N) is 1. The zero-order chi connectivity index (χ0) is 18.6. The van der Waals surface area contributed by atoms with Crippen LogP contribution < -0.4 is 5.32 Å². The van der Waals surface area contributed by atoms with E-state index in [-0.39, 0.29) is 17.1 Å². The Kier molecular flexibility index (Phi) is 6.14. The number of thiazole rings is 1. The Morgan fingerprint density at radius 2 is 2.04 bits per heavy atom. The molecule has 138 valence electrons. The topological polar surface area (TPSA) is 59.1 Å². The number of carbonyl (C=O) groups is 2. The molecule has 0 spiro atoms. The molecule has 0 atom stereocenters. The van der Waals surface area contributed by atoms with E-state index in [0.717, 1.165) is 34.9 Å². The van der Waals surface area contributed by atoms with Crippen LogP contribution in [0.1, 0.15) is 54.0 Å². The Morgan fingerprint density at radius 3 is 2.81 bits per heavy atom. The SMILES string of the molecule is CC1(C)CC(=O)c2sc(NC(=O)CCCSCc3ccccc3)nc2C1. The van der Waals surface area contributed by atoms with Crippen molar-refractivity contribution in [2.75, 3.05) is 11.1 Å². The van der Waals surface area contributed by atoms with Crippen LogP contribution >= 0.6 is 23.1 Å². The van der Waals surface area contributed by atoms with Gasteiger partial charge in [-0.15, -0.1) is 0 Å². The monoisotopic (exact) mass is 388 g/mol. The fourth-order valence-corrected chi connectivity index (χ4v) is 4.91. The number of aromatic nitrogens is 1. The van der Waals surface area contributed by atoms with Gasteiger partial charge in [-0.1, -0.05) is 55.5 Å². The highest BCUT2D eigenvalue weighted by Gasteiger charge is 2.34. The molecule has 0 saturated heterocycles. The molecular weight excluding hydrogens is 364 g/mol. The molecule has 0 radical (unpaired) electrons. The Hall–Kier alpha value is -1.66. The normalized spacial score (nSPS) is 15.5. The van der Waals surface area contributed by atoms with Crippen LogP contribution in [0.4, 0.5) is 5.13 Å². The van der Waals surface area contributed by atoms with Crippen LogP contribution in [0, 0.1) is 5.41 Å². The molecule has 1 aromatic carbocycles. The Labute approximate surface area is 162 Å². The van der Waals surface area contributed by atoms with E-state index >= 15 is 0 Å². The lowest BCUT2D eigenvalue weighted by Crippen LogP contribution is -2.26. The van der Waals surface area contributed by atoms with Crippen molar-refractivity contribution in [3.05, 3.63) is 46.5 Å². The fourth-order valence-electron chi connectivity index (χ4n) is 3.05. The van der Waals surface area contributed by atoms with E-state index in [2.05, 4.69) is 36.3 Å². The van der Waals surface area contributed by atoms with Crippen LogP contribution in [-0.2, 0) is 17.0 Å². The standard InChI is InChI=1S/C20H24N2O2S2/c1-20(2)11-15-18(16(23)12-20)26-19(21-15)22-17(24)9-6-10-25-13-14-7-4-3-5-8-14/h3-5,7-8H,6,9-13H2,1-2H3,(H,21,22,24). The van der Waals surface area contributed by atoms with Crippen LogP contribution in [0.15, 0.2) is 30.3 Å². The number of benzene rings is 1. The second kappa shape index (κ2) is 8.35. The zero-order valence-corrected chi connectivity index (χ0v) is 16.8. The largest absolute Gasteiger partial charge is 0.302 e. The third kappa shape index (κ3) is 5.17. The maximum absolute atomic E-state index is 12.2. The Bertz CT molecular complexity index is 784. The summed E-state index contributed by atoms with van der Waals surface area (Å²) in [4.78, 5) is 29.5. The molecule has 4 nitrogen and oxygen atoms in total. The molecular formula is C20H24N2O2S2. The van der Waals surface area contributed by atoms with Gasteiger partial charge < -0.3 is 5.32 Å². The molecule has 1 aliphatic rings. The van der Waals surface area contributed by atoms with Gasteiger partial charge in [0, 0.05) is 18.6 Å². The van der Waals surface area contributed by atoms with E-state index in [1.54, 1.807) is 0 Å². The predicted octanol–water partition coefficient (Wildman–Crippen LogP) is 4.95. The van der Waals surface area contributed by atoms with E-state index in [1.165, 1.54) is 16.9 Å². The lowest BCUT2D eigenvalue weighted by molar-refractivity contribution is -0.116. The summed E-state index contributed by atoms with van der Waals surface area (Å²) < 4.78 is 0. The van der Waals surface area contributed by atoms with Gasteiger partial charge in [-0.25, -0.2) is 4.98 Å². The summed E-state index contributed by atoms with van der Waals surface area (Å²) >= 11 is 3.15. The number of nitrogens with zero attached hydrogens (tertiary/aromatic N) is 1. The van der Waals surface area contributed by atoms with E-state index in [4.69, 9.17) is 0 Å². The third-order valence-electron chi connectivity index (χ3n) is 4.29. The first-order valence-corrected chi connectivity index (χ1v) is 10.8. The first-order chi connectivity index (χ1) is 12.4. The summed E-state index contributed by atoms with van der Waals surface area (Å²) in [7, 11) is 0. The van der Waals surface area contributed by atoms with Gasteiger partial charge in [-0.3, -0.25) is 9.59 Å². The van der Waals surface area contributed by atoms with Crippen LogP contribution in [0.5, 0.6) is 0 Å². The van der Waals surface area contributed by atoms with Crippen molar-refractivity contribution in [3.8, 4) is 0 Å². The average molecular weight is 389 g/mol. The highest BCUT2D eigenvalue weighted by atomic mass is 32.2. The minimum atomic E-state index is -0.0462. The highest BCUT2D eigenvalue weighted by molar-refractivity contribution is 7.98. The van der Waals surface area contributed by atoms with Gasteiger partial charge in [-0.2, -0.15) is 11.8 Å². The summed E-state index contributed by atoms with van der Waals surface area (Å²) in [5, 5.41) is 3.42. The van der Waals surface area contributed by atoms with Crippen molar-refractivity contribution >= 4 is 39.9 Å². The van der Waals surface area contributed by atoms with Crippen LogP contribution in [0.2, 0.25) is 0 Å². The van der Waals surface area contributed by atoms with Crippen molar-refractivity contribution < 1.29 is 9.59 Å². The van der Waals surface area contributed by atoms with Crippen molar-refractivity contribution in [1.82, 2.24) is 4.98 Å². The first-order valence-electron chi connectivity index (χ1n) is 8.87. The molecule has 1 aliphatic carbocycles. The van der Waals surface area contributed by atoms with E-state index in [0.29, 0.717) is 18.0 Å². The second-order valence-electron chi connectivity index (χ2n) is 7.43. The molecule has 1 N–H and O–H groups in total. The molecule has 1 amide bonds. The molecule has 0 fully saturated rings. The van der Waals surface area contributed by atoms with Gasteiger partial charge in [0.05, 0.1) is 10.6 Å². The molecule has 2 aromatic rings. The van der Waals surface area contributed by atoms with Gasteiger partial charge in [0.15, 0.2) is 10.9 Å². The number of carbonyl (C=O) groups excluding carboxylic acids is 2. The minimum absolute atomic E-state index is 0.0249. The molecule has 0 unspecified atom stereocenters. The number of ketones is 1. The van der Waals surface area contributed by atoms with Gasteiger partial charge in [-0.05, 0) is 29.6 Å². The number of fused-ring (bicyclic) bond motifs is 1. The number of hydrogen-bond donors (Lipinski definition) is 1. The van der Waals surface area contributed by atoms with Crippen molar-refractivity contribution in [1.29, 1.82) is 0 Å². The molecule has 0 bridgehead atoms. The molecule has 1 aromatic heterocycles. The quantitative estimate of drug-likeness (QED) is 0.682. The summed E-state index contributed by atoms with van der Waals surface area (Å²) in [6, 6.07) is 10.3. The van der Waals surface area contributed by atoms with Gasteiger partial charge in [0.1, 0.15) is 0 Å². The van der Waals surface area contributed by atoms with Crippen molar-refractivity contribution in [3.63, 3.8) is 0 Å². The van der Waals surface area contributed by atoms with Crippen molar-refractivity contribution in [2.24, 2.45) is 5.41 Å².